The number of nitrogens with zero attached hydrogens (tertiary/aromatic N) is 6. The first-order valence-electron chi connectivity index (χ1n) is 11.4. The summed E-state index contributed by atoms with van der Waals surface area (Å²) in [6.07, 6.45) is 3.39. The van der Waals surface area contributed by atoms with Crippen LogP contribution in [0.15, 0.2) is 35.5 Å². The van der Waals surface area contributed by atoms with Crippen LogP contribution in [-0.4, -0.2) is 62.6 Å². The minimum Gasteiger partial charge on any atom is -0.381 e. The summed E-state index contributed by atoms with van der Waals surface area (Å²) in [5.74, 6) is -0.228. The van der Waals surface area contributed by atoms with E-state index in [-0.39, 0.29) is 38.6 Å². The lowest BCUT2D eigenvalue weighted by Crippen LogP contribution is -2.60. The van der Waals surface area contributed by atoms with Crippen molar-refractivity contribution >= 4 is 34.8 Å². The second kappa shape index (κ2) is 8.36. The van der Waals surface area contributed by atoms with Gasteiger partial charge in [-0.1, -0.05) is 23.2 Å². The number of carbonyl (C=O) groups excluding carboxylic acids is 1. The van der Waals surface area contributed by atoms with Crippen LogP contribution in [0, 0.1) is 11.2 Å². The Hall–Kier alpha value is -2.88. The van der Waals surface area contributed by atoms with Crippen molar-refractivity contribution in [3.05, 3.63) is 69.2 Å². The topological polar surface area (TPSA) is 85.5 Å². The number of rotatable bonds is 2. The fourth-order valence-electron chi connectivity index (χ4n) is 5.03. The lowest BCUT2D eigenvalue weighted by Gasteiger charge is -2.51. The van der Waals surface area contributed by atoms with Crippen molar-refractivity contribution < 1.29 is 13.9 Å². The summed E-state index contributed by atoms with van der Waals surface area (Å²) in [5.41, 5.74) is 1.33. The number of hydrogen-bond donors (Lipinski definition) is 0. The van der Waals surface area contributed by atoms with Gasteiger partial charge in [-0.2, -0.15) is 0 Å². The molecule has 3 aliphatic rings. The summed E-state index contributed by atoms with van der Waals surface area (Å²) < 4.78 is 21.8. The zero-order valence-electron chi connectivity index (χ0n) is 18.8. The number of likely N-dealkylation sites (tertiary alicyclic amines) is 1. The molecule has 180 valence electrons. The summed E-state index contributed by atoms with van der Waals surface area (Å²) in [5, 5.41) is 5.04. The molecule has 6 rings (SSSR count). The van der Waals surface area contributed by atoms with E-state index in [1.807, 2.05) is 0 Å². The fraction of sp³-hybridized carbons (Fsp3) is 0.375. The molecule has 0 N–H and O–H groups in total. The highest BCUT2D eigenvalue weighted by Crippen LogP contribution is 2.41. The molecule has 11 heteroatoms. The number of benzene rings is 1. The predicted molar refractivity (Wildman–Crippen MR) is 128 cm³/mol. The fourth-order valence-corrected chi connectivity index (χ4v) is 5.44. The van der Waals surface area contributed by atoms with Crippen molar-refractivity contribution in [3.63, 3.8) is 0 Å². The van der Waals surface area contributed by atoms with Crippen LogP contribution in [0.25, 0.3) is 5.69 Å². The van der Waals surface area contributed by atoms with Crippen LogP contribution in [-0.2, 0) is 4.74 Å². The lowest BCUT2D eigenvalue weighted by molar-refractivity contribution is -0.0669. The minimum absolute atomic E-state index is 0.0501. The molecule has 0 bridgehead atoms. The van der Waals surface area contributed by atoms with Gasteiger partial charge in [0.1, 0.15) is 11.7 Å². The van der Waals surface area contributed by atoms with Crippen LogP contribution < -0.4 is 0 Å². The Morgan fingerprint density at radius 1 is 1.20 bits per heavy atom. The van der Waals surface area contributed by atoms with Gasteiger partial charge in [-0.3, -0.25) is 14.8 Å². The first kappa shape index (κ1) is 22.6. The van der Waals surface area contributed by atoms with Crippen LogP contribution in [0.3, 0.4) is 0 Å². The van der Waals surface area contributed by atoms with Crippen LogP contribution >= 0.6 is 23.2 Å². The Morgan fingerprint density at radius 3 is 2.71 bits per heavy atom. The van der Waals surface area contributed by atoms with Gasteiger partial charge in [0.05, 0.1) is 21.4 Å². The van der Waals surface area contributed by atoms with Gasteiger partial charge in [-0.15, -0.1) is 5.10 Å². The molecule has 3 aliphatic heterocycles. The molecular weight excluding hydrogens is 494 g/mol. The monoisotopic (exact) mass is 514 g/mol. The maximum atomic E-state index is 14.8. The van der Waals surface area contributed by atoms with E-state index in [0.29, 0.717) is 30.2 Å². The van der Waals surface area contributed by atoms with Gasteiger partial charge in [0.25, 0.3) is 5.91 Å². The number of ether oxygens (including phenoxy) is 1. The average Bonchev–Trinajstić information content (AvgIpc) is 3.24. The number of fused-ring (bicyclic) bond motifs is 3. The molecule has 1 spiro atoms. The molecule has 1 aromatic carbocycles. The number of halogens is 3. The molecule has 3 aromatic rings. The Balaban J connectivity index is 1.42. The molecule has 0 unspecified atom stereocenters. The summed E-state index contributed by atoms with van der Waals surface area (Å²) in [7, 11) is 0. The Labute approximate surface area is 210 Å². The molecule has 0 saturated carbocycles. The van der Waals surface area contributed by atoms with Crippen molar-refractivity contribution in [2.45, 2.75) is 25.8 Å². The Bertz CT molecular complexity index is 1380. The lowest BCUT2D eigenvalue weighted by atomic mass is 9.73. The van der Waals surface area contributed by atoms with Crippen molar-refractivity contribution in [1.29, 1.82) is 0 Å². The molecule has 2 fully saturated rings. The number of hydrogen-bond acceptors (Lipinski definition) is 6. The summed E-state index contributed by atoms with van der Waals surface area (Å²) in [6.45, 7) is 4.61. The number of aromatic nitrogens is 4. The predicted octanol–water partition coefficient (Wildman–Crippen LogP) is 4.27. The van der Waals surface area contributed by atoms with Crippen LogP contribution in [0.4, 0.5) is 4.39 Å². The first-order valence-corrected chi connectivity index (χ1v) is 12.1. The van der Waals surface area contributed by atoms with Crippen LogP contribution in [0.2, 0.25) is 10.0 Å². The third-order valence-corrected chi connectivity index (χ3v) is 7.74. The molecule has 8 nitrogen and oxygen atoms in total. The quantitative estimate of drug-likeness (QED) is 0.509. The number of aliphatic imine (C=N–C) groups is 1. The van der Waals surface area contributed by atoms with Gasteiger partial charge in [-0.25, -0.2) is 14.1 Å². The van der Waals surface area contributed by atoms with E-state index in [1.165, 1.54) is 18.3 Å². The molecule has 0 aliphatic carbocycles. The Morgan fingerprint density at radius 2 is 1.97 bits per heavy atom. The maximum absolute atomic E-state index is 14.8. The molecule has 2 saturated heterocycles. The van der Waals surface area contributed by atoms with Gasteiger partial charge < -0.3 is 9.64 Å². The summed E-state index contributed by atoms with van der Waals surface area (Å²) in [4.78, 5) is 28.5. The second-order valence-corrected chi connectivity index (χ2v) is 10.0. The van der Waals surface area contributed by atoms with E-state index in [9.17, 15) is 9.18 Å². The molecule has 35 heavy (non-hydrogen) atoms. The molecule has 5 heterocycles. The molecule has 1 amide bonds. The highest BCUT2D eigenvalue weighted by atomic mass is 35.5. The first-order chi connectivity index (χ1) is 16.9. The second-order valence-electron chi connectivity index (χ2n) is 9.22. The van der Waals surface area contributed by atoms with E-state index in [1.54, 1.807) is 28.6 Å². The number of amides is 1. The summed E-state index contributed by atoms with van der Waals surface area (Å²) >= 11 is 13.0. The van der Waals surface area contributed by atoms with E-state index in [4.69, 9.17) is 32.9 Å². The number of pyridine rings is 1. The van der Waals surface area contributed by atoms with E-state index in [0.717, 1.165) is 26.1 Å². The minimum atomic E-state index is -0.555. The van der Waals surface area contributed by atoms with Crippen molar-refractivity contribution in [3.8, 4) is 5.69 Å². The van der Waals surface area contributed by atoms with E-state index in [2.05, 4.69) is 15.1 Å². The third kappa shape index (κ3) is 3.64. The zero-order chi connectivity index (χ0) is 24.3. The number of carbonyl (C=O) groups is 1. The maximum Gasteiger partial charge on any atom is 0.293 e. The highest BCUT2D eigenvalue weighted by Gasteiger charge is 2.47. The van der Waals surface area contributed by atoms with Gasteiger partial charge >= 0.3 is 0 Å². The van der Waals surface area contributed by atoms with Crippen LogP contribution in [0.1, 0.15) is 53.5 Å². The molecule has 0 radical (unpaired) electrons. The van der Waals surface area contributed by atoms with Crippen molar-refractivity contribution in [2.24, 2.45) is 10.4 Å². The molecule has 2 aromatic heterocycles. The average molecular weight is 515 g/mol. The van der Waals surface area contributed by atoms with Crippen molar-refractivity contribution in [2.75, 3.05) is 26.3 Å². The van der Waals surface area contributed by atoms with Crippen molar-refractivity contribution in [1.82, 2.24) is 24.6 Å². The van der Waals surface area contributed by atoms with Gasteiger partial charge in [0.15, 0.2) is 11.6 Å². The van der Waals surface area contributed by atoms with E-state index < -0.39 is 11.9 Å². The molecular formula is C24H21Cl2FN6O2. The third-order valence-electron chi connectivity index (χ3n) is 6.93. The normalized spacial score (nSPS) is 20.5. The Kier molecular flexibility index (Phi) is 5.39. The standard InChI is InChI=1S/C24H21Cl2FN6O2/c1-13-22-30-21(23(34)32-11-24(12-32)6-9-35-10-7-24)31-33(22)16-5-4-14(25)18(26)17(16)20(29-13)19-15(27)3-2-8-28-19/h2-5,8,13H,6-7,9-12H2,1H3/t13-/m0/s1. The SMILES string of the molecule is C[C@@H]1N=C(c2ncccc2F)c2c(ccc(Cl)c2Cl)-n2nc(C(=O)N3CC4(CCOCC4)C3)nc21. The highest BCUT2D eigenvalue weighted by molar-refractivity contribution is 6.45. The van der Waals surface area contributed by atoms with Gasteiger partial charge in [0, 0.05) is 43.5 Å². The van der Waals surface area contributed by atoms with E-state index >= 15 is 0 Å². The zero-order valence-corrected chi connectivity index (χ0v) is 20.4. The smallest absolute Gasteiger partial charge is 0.293 e. The molecule has 1 atom stereocenters. The van der Waals surface area contributed by atoms with Gasteiger partial charge in [0.2, 0.25) is 5.82 Å². The van der Waals surface area contributed by atoms with Crippen LogP contribution in [0.5, 0.6) is 0 Å². The van der Waals surface area contributed by atoms with Gasteiger partial charge in [-0.05, 0) is 44.0 Å². The summed E-state index contributed by atoms with van der Waals surface area (Å²) in [6, 6.07) is 5.60. The largest absolute Gasteiger partial charge is 0.381 e.